The number of nitrogens with zero attached hydrogens (tertiary/aromatic N) is 1. The van der Waals surface area contributed by atoms with Crippen LogP contribution in [0.5, 0.6) is 5.88 Å². The summed E-state index contributed by atoms with van der Waals surface area (Å²) in [6, 6.07) is 4.02. The minimum atomic E-state index is 0.535. The number of aromatic nitrogens is 1. The molecule has 0 unspecified atom stereocenters. The van der Waals surface area contributed by atoms with Crippen LogP contribution in [0.4, 0.5) is 0 Å². The van der Waals surface area contributed by atoms with Gasteiger partial charge in [0.25, 0.3) is 0 Å². The molecule has 0 saturated carbocycles. The lowest BCUT2D eigenvalue weighted by Gasteiger charge is -2.08. The molecule has 0 radical (unpaired) electrons. The fraction of sp³-hybridized carbons (Fsp3) is 0.583. The van der Waals surface area contributed by atoms with Crippen molar-refractivity contribution in [2.45, 2.75) is 20.4 Å². The molecule has 0 aliphatic rings. The van der Waals surface area contributed by atoms with Crippen molar-refractivity contribution in [3.63, 3.8) is 0 Å². The predicted octanol–water partition coefficient (Wildman–Crippen LogP) is 1.52. The summed E-state index contributed by atoms with van der Waals surface area (Å²) in [7, 11) is 1.66. The third kappa shape index (κ3) is 4.59. The number of hydrogen-bond acceptors (Lipinski definition) is 4. The maximum atomic E-state index is 5.48. The van der Waals surface area contributed by atoms with Gasteiger partial charge in [-0.2, -0.15) is 0 Å². The topological polar surface area (TPSA) is 43.4 Å². The fourth-order valence-corrected chi connectivity index (χ4v) is 1.38. The van der Waals surface area contributed by atoms with Gasteiger partial charge >= 0.3 is 0 Å². The van der Waals surface area contributed by atoms with Crippen LogP contribution in [0.2, 0.25) is 0 Å². The van der Waals surface area contributed by atoms with Crippen LogP contribution >= 0.6 is 0 Å². The second kappa shape index (κ2) is 7.19. The number of methoxy groups -OCH3 is 1. The molecule has 0 fully saturated rings. The van der Waals surface area contributed by atoms with Gasteiger partial charge < -0.3 is 14.8 Å². The van der Waals surface area contributed by atoms with E-state index in [9.17, 15) is 0 Å². The molecule has 1 aromatic heterocycles. The maximum Gasteiger partial charge on any atom is 0.213 e. The number of pyridine rings is 1. The van der Waals surface area contributed by atoms with Crippen LogP contribution in [0.3, 0.4) is 0 Å². The standard InChI is InChI=1S/C12H20N2O2/c1-4-13-9-11-7-10(2)14-12(8-11)16-6-5-15-3/h7-8,13H,4-6,9H2,1-3H3. The first-order valence-corrected chi connectivity index (χ1v) is 5.56. The van der Waals surface area contributed by atoms with Crippen molar-refractivity contribution in [1.29, 1.82) is 0 Å². The molecule has 0 aliphatic carbocycles. The van der Waals surface area contributed by atoms with Gasteiger partial charge in [0.05, 0.1) is 6.61 Å². The molecule has 4 nitrogen and oxygen atoms in total. The van der Waals surface area contributed by atoms with Gasteiger partial charge in [-0.3, -0.25) is 0 Å². The highest BCUT2D eigenvalue weighted by Crippen LogP contribution is 2.12. The van der Waals surface area contributed by atoms with E-state index in [1.807, 2.05) is 13.0 Å². The summed E-state index contributed by atoms with van der Waals surface area (Å²) in [6.07, 6.45) is 0. The van der Waals surface area contributed by atoms with E-state index < -0.39 is 0 Å². The number of nitrogens with one attached hydrogen (secondary N) is 1. The lowest BCUT2D eigenvalue weighted by Crippen LogP contribution is -2.12. The third-order valence-corrected chi connectivity index (χ3v) is 2.11. The summed E-state index contributed by atoms with van der Waals surface area (Å²) >= 11 is 0. The molecule has 1 rings (SSSR count). The maximum absolute atomic E-state index is 5.48. The van der Waals surface area contributed by atoms with Gasteiger partial charge in [-0.05, 0) is 25.1 Å². The van der Waals surface area contributed by atoms with E-state index in [0.29, 0.717) is 19.1 Å². The number of rotatable bonds is 7. The van der Waals surface area contributed by atoms with E-state index in [1.165, 1.54) is 5.56 Å². The van der Waals surface area contributed by atoms with E-state index in [-0.39, 0.29) is 0 Å². The zero-order valence-corrected chi connectivity index (χ0v) is 10.2. The molecular formula is C12H20N2O2. The zero-order valence-electron chi connectivity index (χ0n) is 10.2. The second-order valence-corrected chi connectivity index (χ2v) is 3.58. The fourth-order valence-electron chi connectivity index (χ4n) is 1.38. The minimum Gasteiger partial charge on any atom is -0.475 e. The molecule has 1 N–H and O–H groups in total. The van der Waals surface area contributed by atoms with Crippen LogP contribution in [0, 0.1) is 6.92 Å². The molecule has 0 bridgehead atoms. The molecule has 0 amide bonds. The largest absolute Gasteiger partial charge is 0.475 e. The number of ether oxygens (including phenoxy) is 2. The molecular weight excluding hydrogens is 204 g/mol. The number of hydrogen-bond donors (Lipinski definition) is 1. The smallest absolute Gasteiger partial charge is 0.213 e. The summed E-state index contributed by atoms with van der Waals surface area (Å²) in [4.78, 5) is 4.31. The third-order valence-electron chi connectivity index (χ3n) is 2.11. The molecule has 0 spiro atoms. The minimum absolute atomic E-state index is 0.535. The van der Waals surface area contributed by atoms with Crippen molar-refractivity contribution in [3.05, 3.63) is 23.4 Å². The van der Waals surface area contributed by atoms with Crippen LogP contribution in [-0.4, -0.2) is 31.9 Å². The molecule has 0 saturated heterocycles. The lowest BCUT2D eigenvalue weighted by molar-refractivity contribution is 0.143. The van der Waals surface area contributed by atoms with E-state index in [4.69, 9.17) is 9.47 Å². The van der Waals surface area contributed by atoms with E-state index in [1.54, 1.807) is 7.11 Å². The molecule has 0 atom stereocenters. The normalized spacial score (nSPS) is 10.4. The highest BCUT2D eigenvalue weighted by atomic mass is 16.5. The van der Waals surface area contributed by atoms with Crippen molar-refractivity contribution in [2.24, 2.45) is 0 Å². The Morgan fingerprint density at radius 2 is 2.12 bits per heavy atom. The van der Waals surface area contributed by atoms with Gasteiger partial charge in [0.15, 0.2) is 0 Å². The number of aryl methyl sites for hydroxylation is 1. The van der Waals surface area contributed by atoms with E-state index in [2.05, 4.69) is 23.3 Å². The lowest BCUT2D eigenvalue weighted by atomic mass is 10.2. The van der Waals surface area contributed by atoms with Gasteiger partial charge in [0.2, 0.25) is 5.88 Å². The Kier molecular flexibility index (Phi) is 5.82. The molecule has 1 heterocycles. The average Bonchev–Trinajstić information content (AvgIpc) is 2.26. The van der Waals surface area contributed by atoms with Crippen LogP contribution in [-0.2, 0) is 11.3 Å². The molecule has 0 aliphatic heterocycles. The monoisotopic (exact) mass is 224 g/mol. The van der Waals surface area contributed by atoms with Crippen molar-refractivity contribution in [1.82, 2.24) is 10.3 Å². The van der Waals surface area contributed by atoms with Crippen molar-refractivity contribution in [3.8, 4) is 5.88 Å². The highest BCUT2D eigenvalue weighted by Gasteiger charge is 2.00. The first-order valence-electron chi connectivity index (χ1n) is 5.56. The predicted molar refractivity (Wildman–Crippen MR) is 63.7 cm³/mol. The van der Waals surface area contributed by atoms with E-state index in [0.717, 1.165) is 18.8 Å². The molecule has 0 aromatic carbocycles. The zero-order chi connectivity index (χ0) is 11.8. The second-order valence-electron chi connectivity index (χ2n) is 3.58. The van der Waals surface area contributed by atoms with Gasteiger partial charge in [-0.15, -0.1) is 0 Å². The van der Waals surface area contributed by atoms with E-state index >= 15 is 0 Å². The first kappa shape index (κ1) is 12.9. The average molecular weight is 224 g/mol. The van der Waals surface area contributed by atoms with Crippen molar-refractivity contribution in [2.75, 3.05) is 26.9 Å². The summed E-state index contributed by atoms with van der Waals surface area (Å²) < 4.78 is 10.4. The quantitative estimate of drug-likeness (QED) is 0.713. The Bertz CT molecular complexity index is 316. The molecule has 90 valence electrons. The Morgan fingerprint density at radius 3 is 2.81 bits per heavy atom. The van der Waals surface area contributed by atoms with Gasteiger partial charge in [-0.1, -0.05) is 6.92 Å². The Balaban J connectivity index is 2.58. The summed E-state index contributed by atoms with van der Waals surface area (Å²) in [5.74, 6) is 0.671. The Morgan fingerprint density at radius 1 is 1.31 bits per heavy atom. The Labute approximate surface area is 97.0 Å². The van der Waals surface area contributed by atoms with Crippen LogP contribution in [0.25, 0.3) is 0 Å². The van der Waals surface area contributed by atoms with Crippen LogP contribution in [0.1, 0.15) is 18.2 Å². The van der Waals surface area contributed by atoms with Gasteiger partial charge in [-0.25, -0.2) is 4.98 Å². The molecule has 1 aromatic rings. The SMILES string of the molecule is CCNCc1cc(C)nc(OCCOC)c1. The van der Waals surface area contributed by atoms with Crippen LogP contribution < -0.4 is 10.1 Å². The van der Waals surface area contributed by atoms with Gasteiger partial charge in [0, 0.05) is 25.4 Å². The van der Waals surface area contributed by atoms with Gasteiger partial charge in [0.1, 0.15) is 6.61 Å². The Hall–Kier alpha value is -1.13. The highest BCUT2D eigenvalue weighted by molar-refractivity contribution is 5.24. The summed E-state index contributed by atoms with van der Waals surface area (Å²) in [5, 5.41) is 3.28. The summed E-state index contributed by atoms with van der Waals surface area (Å²) in [6.45, 7) is 6.98. The first-order chi connectivity index (χ1) is 7.76. The van der Waals surface area contributed by atoms with Crippen molar-refractivity contribution < 1.29 is 9.47 Å². The van der Waals surface area contributed by atoms with Crippen LogP contribution in [0.15, 0.2) is 12.1 Å². The molecule has 4 heteroatoms. The molecule has 16 heavy (non-hydrogen) atoms. The summed E-state index contributed by atoms with van der Waals surface area (Å²) in [5.41, 5.74) is 2.17. The van der Waals surface area contributed by atoms with Crippen molar-refractivity contribution >= 4 is 0 Å².